The smallest absolute Gasteiger partial charge is 0.196 e. The number of fused-ring (bicyclic) bond motifs is 2. The second-order valence-electron chi connectivity index (χ2n) is 5.67. The molecule has 1 aliphatic rings. The van der Waals surface area contributed by atoms with Gasteiger partial charge >= 0.3 is 0 Å². The zero-order chi connectivity index (χ0) is 16.8. The molecule has 0 radical (unpaired) electrons. The van der Waals surface area contributed by atoms with Crippen molar-refractivity contribution in [3.63, 3.8) is 0 Å². The maximum atomic E-state index is 13.1. The minimum absolute atomic E-state index is 0.181. The van der Waals surface area contributed by atoms with Crippen LogP contribution < -0.4 is 5.73 Å². The molecule has 0 unspecified atom stereocenters. The van der Waals surface area contributed by atoms with Crippen LogP contribution in [0, 0.1) is 0 Å². The summed E-state index contributed by atoms with van der Waals surface area (Å²) in [5.74, 6) is -0.412. The topological polar surface area (TPSA) is 60.2 Å². The van der Waals surface area contributed by atoms with E-state index in [1.165, 1.54) is 0 Å². The third kappa shape index (κ3) is 2.00. The predicted molar refractivity (Wildman–Crippen MR) is 96.8 cm³/mol. The molecule has 1 aliphatic carbocycles. The Morgan fingerprint density at radius 3 is 2.04 bits per heavy atom. The van der Waals surface area contributed by atoms with Crippen molar-refractivity contribution in [1.29, 1.82) is 0 Å². The highest BCUT2D eigenvalue weighted by Gasteiger charge is 2.33. The van der Waals surface area contributed by atoms with E-state index in [9.17, 15) is 9.59 Å². The van der Waals surface area contributed by atoms with Crippen molar-refractivity contribution in [2.75, 3.05) is 5.73 Å². The molecule has 0 heterocycles. The highest BCUT2D eigenvalue weighted by molar-refractivity contribution is 7.80. The fourth-order valence-electron chi connectivity index (χ4n) is 3.16. The first-order chi connectivity index (χ1) is 11.6. The zero-order valence-corrected chi connectivity index (χ0v) is 13.5. The fraction of sp³-hybridized carbons (Fsp3) is 0. The Bertz CT molecular complexity index is 1010. The molecule has 0 atom stereocenters. The third-order valence-electron chi connectivity index (χ3n) is 4.32. The van der Waals surface area contributed by atoms with Crippen LogP contribution in [-0.2, 0) is 0 Å². The molecule has 0 saturated carbocycles. The lowest BCUT2D eigenvalue weighted by molar-refractivity contribution is 0.0980. The van der Waals surface area contributed by atoms with Gasteiger partial charge in [-0.3, -0.25) is 9.59 Å². The van der Waals surface area contributed by atoms with Crippen molar-refractivity contribution in [1.82, 2.24) is 0 Å². The lowest BCUT2D eigenvalue weighted by atomic mass is 9.80. The largest absolute Gasteiger partial charge is 0.397 e. The monoisotopic (exact) mass is 331 g/mol. The fourth-order valence-corrected chi connectivity index (χ4v) is 3.34. The number of ketones is 2. The molecular weight excluding hydrogens is 318 g/mol. The summed E-state index contributed by atoms with van der Waals surface area (Å²) in [7, 11) is 0. The summed E-state index contributed by atoms with van der Waals surface area (Å²) < 4.78 is 0. The van der Waals surface area contributed by atoms with Crippen LogP contribution in [0.2, 0.25) is 0 Å². The van der Waals surface area contributed by atoms with Crippen molar-refractivity contribution in [3.8, 4) is 11.1 Å². The third-order valence-corrected chi connectivity index (χ3v) is 4.71. The Balaban J connectivity index is 2.03. The molecule has 116 valence electrons. The molecule has 0 amide bonds. The van der Waals surface area contributed by atoms with Crippen molar-refractivity contribution in [2.24, 2.45) is 0 Å². The van der Waals surface area contributed by atoms with Crippen LogP contribution in [0.1, 0.15) is 31.8 Å². The van der Waals surface area contributed by atoms with Gasteiger partial charge in [0.1, 0.15) is 0 Å². The van der Waals surface area contributed by atoms with E-state index in [2.05, 4.69) is 12.6 Å². The van der Waals surface area contributed by atoms with Gasteiger partial charge < -0.3 is 5.73 Å². The quantitative estimate of drug-likeness (QED) is 0.409. The average molecular weight is 331 g/mol. The Labute approximate surface area is 144 Å². The number of thiol groups is 1. The second kappa shape index (κ2) is 5.35. The van der Waals surface area contributed by atoms with Gasteiger partial charge in [-0.2, -0.15) is 0 Å². The first-order valence-electron chi connectivity index (χ1n) is 7.49. The number of benzene rings is 3. The van der Waals surface area contributed by atoms with Crippen molar-refractivity contribution in [2.45, 2.75) is 4.90 Å². The van der Waals surface area contributed by atoms with Crippen LogP contribution >= 0.6 is 12.6 Å². The van der Waals surface area contributed by atoms with E-state index in [-0.39, 0.29) is 22.8 Å². The number of nitrogens with two attached hydrogens (primary N) is 1. The summed E-state index contributed by atoms with van der Waals surface area (Å²) in [6, 6.07) is 18.2. The van der Waals surface area contributed by atoms with Crippen LogP contribution in [0.25, 0.3) is 11.1 Å². The molecule has 3 aromatic rings. The van der Waals surface area contributed by atoms with E-state index in [1.54, 1.807) is 24.3 Å². The van der Waals surface area contributed by atoms with Crippen LogP contribution in [0.5, 0.6) is 0 Å². The number of hydrogen-bond acceptors (Lipinski definition) is 4. The highest BCUT2D eigenvalue weighted by atomic mass is 32.1. The van der Waals surface area contributed by atoms with Gasteiger partial charge in [0.25, 0.3) is 0 Å². The lowest BCUT2D eigenvalue weighted by Gasteiger charge is -2.22. The molecule has 3 nitrogen and oxygen atoms in total. The minimum atomic E-state index is -0.231. The number of carbonyl (C=O) groups excluding carboxylic acids is 2. The number of hydrogen-bond donors (Lipinski definition) is 2. The van der Waals surface area contributed by atoms with E-state index in [0.29, 0.717) is 21.6 Å². The maximum absolute atomic E-state index is 13.1. The Morgan fingerprint density at radius 1 is 0.667 bits per heavy atom. The van der Waals surface area contributed by atoms with E-state index < -0.39 is 0 Å². The van der Waals surface area contributed by atoms with Gasteiger partial charge in [-0.15, -0.1) is 12.6 Å². The molecule has 3 aromatic carbocycles. The SMILES string of the molecule is Nc1c(S)ccc2c1C(=O)c1cccc(-c3ccccc3)c1C2=O. The Hall–Kier alpha value is -2.85. The van der Waals surface area contributed by atoms with Crippen molar-refractivity contribution in [3.05, 3.63) is 82.9 Å². The summed E-state index contributed by atoms with van der Waals surface area (Å²) in [6.07, 6.45) is 0. The number of rotatable bonds is 1. The minimum Gasteiger partial charge on any atom is -0.397 e. The highest BCUT2D eigenvalue weighted by Crippen LogP contribution is 2.37. The summed E-state index contributed by atoms with van der Waals surface area (Å²) in [4.78, 5) is 26.5. The molecule has 0 bridgehead atoms. The van der Waals surface area contributed by atoms with Crippen LogP contribution in [0.15, 0.2) is 65.6 Å². The molecule has 0 saturated heterocycles. The van der Waals surface area contributed by atoms with Gasteiger partial charge in [0.05, 0.1) is 11.3 Å². The number of carbonyl (C=O) groups is 2. The number of nitrogen functional groups attached to an aromatic ring is 1. The lowest BCUT2D eigenvalue weighted by Crippen LogP contribution is -2.23. The Kier molecular flexibility index (Phi) is 3.28. The van der Waals surface area contributed by atoms with Crippen LogP contribution in [0.4, 0.5) is 5.69 Å². The molecule has 2 N–H and O–H groups in total. The van der Waals surface area contributed by atoms with Gasteiger partial charge in [0.15, 0.2) is 11.6 Å². The summed E-state index contributed by atoms with van der Waals surface area (Å²) in [5.41, 5.74) is 9.34. The summed E-state index contributed by atoms with van der Waals surface area (Å²) in [5, 5.41) is 0. The summed E-state index contributed by atoms with van der Waals surface area (Å²) in [6.45, 7) is 0. The normalized spacial score (nSPS) is 12.7. The van der Waals surface area contributed by atoms with E-state index in [4.69, 9.17) is 5.73 Å². The molecule has 0 spiro atoms. The standard InChI is InChI=1S/C20H13NO2S/c21-18-15(24)10-9-14-17(18)20(23)13-8-4-7-12(16(13)19(14)22)11-5-2-1-3-6-11/h1-10,24H,21H2. The molecular formula is C20H13NO2S. The Morgan fingerprint density at radius 2 is 1.29 bits per heavy atom. The average Bonchev–Trinajstić information content (AvgIpc) is 2.62. The zero-order valence-electron chi connectivity index (χ0n) is 12.6. The molecule has 4 heteroatoms. The van der Waals surface area contributed by atoms with Gasteiger partial charge in [-0.05, 0) is 23.3 Å². The van der Waals surface area contributed by atoms with E-state index in [0.717, 1.165) is 11.1 Å². The van der Waals surface area contributed by atoms with Crippen LogP contribution in [0.3, 0.4) is 0 Å². The van der Waals surface area contributed by atoms with Gasteiger partial charge in [0, 0.05) is 21.6 Å². The summed E-state index contributed by atoms with van der Waals surface area (Å²) >= 11 is 4.26. The molecule has 0 fully saturated rings. The first kappa shape index (κ1) is 14.7. The molecule has 24 heavy (non-hydrogen) atoms. The van der Waals surface area contributed by atoms with Crippen molar-refractivity contribution < 1.29 is 9.59 Å². The van der Waals surface area contributed by atoms with Gasteiger partial charge in [-0.25, -0.2) is 0 Å². The predicted octanol–water partition coefficient (Wildman–Crippen LogP) is 4.00. The van der Waals surface area contributed by atoms with Gasteiger partial charge in [0.2, 0.25) is 0 Å². The van der Waals surface area contributed by atoms with E-state index in [1.807, 2.05) is 36.4 Å². The molecule has 0 aliphatic heterocycles. The maximum Gasteiger partial charge on any atom is 0.196 e. The van der Waals surface area contributed by atoms with Crippen molar-refractivity contribution >= 4 is 29.9 Å². The first-order valence-corrected chi connectivity index (χ1v) is 7.93. The molecule has 4 rings (SSSR count). The second-order valence-corrected chi connectivity index (χ2v) is 6.16. The van der Waals surface area contributed by atoms with E-state index >= 15 is 0 Å². The van der Waals surface area contributed by atoms with Crippen LogP contribution in [-0.4, -0.2) is 11.6 Å². The molecule has 0 aromatic heterocycles. The van der Waals surface area contributed by atoms with Gasteiger partial charge in [-0.1, -0.05) is 48.5 Å². The number of anilines is 1.